The average molecular weight is 356 g/mol. The standard InChI is InChI=1S/C18H24N6O2/c1-14(20-23(3)4)15(2)21-26-12-16-8-6-7-9-17(16)18(22-25-5)24-11-10-19-13-24/h6-11,13H,12H2,1-5H3/b20-14+,21-15+,22-18+. The first kappa shape index (κ1) is 19.2. The van der Waals surface area contributed by atoms with E-state index in [2.05, 4.69) is 20.4 Å². The lowest BCUT2D eigenvalue weighted by Crippen LogP contribution is -2.15. The highest BCUT2D eigenvalue weighted by Gasteiger charge is 2.12. The van der Waals surface area contributed by atoms with Gasteiger partial charge >= 0.3 is 0 Å². The van der Waals surface area contributed by atoms with E-state index in [0.717, 1.165) is 22.6 Å². The van der Waals surface area contributed by atoms with Crippen molar-refractivity contribution < 1.29 is 9.68 Å². The van der Waals surface area contributed by atoms with Crippen LogP contribution in [0.4, 0.5) is 0 Å². The highest BCUT2D eigenvalue weighted by atomic mass is 16.6. The van der Waals surface area contributed by atoms with E-state index in [0.29, 0.717) is 12.4 Å². The van der Waals surface area contributed by atoms with Gasteiger partial charge < -0.3 is 14.7 Å². The van der Waals surface area contributed by atoms with E-state index in [1.807, 2.05) is 52.2 Å². The summed E-state index contributed by atoms with van der Waals surface area (Å²) in [6, 6.07) is 7.79. The Morgan fingerprint density at radius 3 is 2.58 bits per heavy atom. The normalized spacial score (nSPS) is 12.9. The van der Waals surface area contributed by atoms with E-state index in [1.54, 1.807) is 28.3 Å². The molecule has 1 heterocycles. The Balaban J connectivity index is 2.21. The predicted molar refractivity (Wildman–Crippen MR) is 102 cm³/mol. The van der Waals surface area contributed by atoms with E-state index < -0.39 is 0 Å². The molecule has 0 atom stereocenters. The zero-order valence-electron chi connectivity index (χ0n) is 15.7. The molecule has 0 radical (unpaired) electrons. The molecule has 138 valence electrons. The first-order valence-corrected chi connectivity index (χ1v) is 8.10. The summed E-state index contributed by atoms with van der Waals surface area (Å²) in [7, 11) is 5.23. The molecule has 0 spiro atoms. The highest BCUT2D eigenvalue weighted by Crippen LogP contribution is 2.13. The van der Waals surface area contributed by atoms with Gasteiger partial charge in [-0.1, -0.05) is 34.6 Å². The van der Waals surface area contributed by atoms with E-state index in [9.17, 15) is 0 Å². The Kier molecular flexibility index (Phi) is 6.90. The van der Waals surface area contributed by atoms with Gasteiger partial charge in [-0.25, -0.2) is 4.98 Å². The van der Waals surface area contributed by atoms with Gasteiger partial charge in [-0.2, -0.15) is 5.10 Å². The Morgan fingerprint density at radius 1 is 1.15 bits per heavy atom. The van der Waals surface area contributed by atoms with Gasteiger partial charge in [0.2, 0.25) is 0 Å². The largest absolute Gasteiger partial charge is 0.397 e. The van der Waals surface area contributed by atoms with Crippen molar-refractivity contribution in [3.05, 3.63) is 54.1 Å². The summed E-state index contributed by atoms with van der Waals surface area (Å²) < 4.78 is 1.78. The summed E-state index contributed by atoms with van der Waals surface area (Å²) in [5, 5.41) is 14.3. The maximum atomic E-state index is 5.54. The molecular weight excluding hydrogens is 332 g/mol. The Bertz CT molecular complexity index is 794. The van der Waals surface area contributed by atoms with Gasteiger partial charge in [0.05, 0.1) is 11.4 Å². The van der Waals surface area contributed by atoms with Crippen molar-refractivity contribution in [1.29, 1.82) is 0 Å². The molecule has 0 N–H and O–H groups in total. The molecule has 0 saturated carbocycles. The molecule has 2 rings (SSSR count). The number of aromatic nitrogens is 2. The molecule has 0 saturated heterocycles. The molecule has 26 heavy (non-hydrogen) atoms. The number of oxime groups is 2. The number of rotatable bonds is 7. The fourth-order valence-electron chi connectivity index (χ4n) is 2.21. The Hall–Kier alpha value is -3.16. The lowest BCUT2D eigenvalue weighted by molar-refractivity contribution is 0.130. The number of hydrazone groups is 1. The highest BCUT2D eigenvalue weighted by molar-refractivity contribution is 6.40. The van der Waals surface area contributed by atoms with Crippen LogP contribution in [0.3, 0.4) is 0 Å². The van der Waals surface area contributed by atoms with E-state index >= 15 is 0 Å². The number of hydrogen-bond acceptors (Lipinski definition) is 7. The first-order chi connectivity index (χ1) is 12.5. The molecular formula is C18H24N6O2. The van der Waals surface area contributed by atoms with Gasteiger partial charge in [-0.15, -0.1) is 0 Å². The van der Waals surface area contributed by atoms with E-state index in [4.69, 9.17) is 9.68 Å². The topological polar surface area (TPSA) is 76.6 Å². The second-order valence-electron chi connectivity index (χ2n) is 5.71. The number of benzene rings is 1. The SMILES string of the molecule is CO/N=C(\c1ccccc1CO/N=C(C)/C(C)=N/N(C)C)n1ccnc1. The molecule has 8 heteroatoms. The molecule has 1 aromatic heterocycles. The van der Waals surface area contributed by atoms with Crippen LogP contribution in [0.15, 0.2) is 58.4 Å². The Morgan fingerprint density at radius 2 is 1.92 bits per heavy atom. The Labute approximate surface area is 153 Å². The van der Waals surface area contributed by atoms with Gasteiger partial charge in [0, 0.05) is 37.6 Å². The van der Waals surface area contributed by atoms with Gasteiger partial charge in [0.1, 0.15) is 20.0 Å². The molecule has 0 fully saturated rings. The summed E-state index contributed by atoms with van der Waals surface area (Å²) in [5.74, 6) is 0.621. The van der Waals surface area contributed by atoms with Crippen molar-refractivity contribution in [3.8, 4) is 0 Å². The minimum atomic E-state index is 0.292. The molecule has 0 unspecified atom stereocenters. The first-order valence-electron chi connectivity index (χ1n) is 8.10. The number of hydrogen-bond donors (Lipinski definition) is 0. The van der Waals surface area contributed by atoms with Crippen LogP contribution in [0.1, 0.15) is 25.0 Å². The lowest BCUT2D eigenvalue weighted by Gasteiger charge is -2.12. The lowest BCUT2D eigenvalue weighted by atomic mass is 10.1. The van der Waals surface area contributed by atoms with Crippen molar-refractivity contribution in [2.45, 2.75) is 20.5 Å². The van der Waals surface area contributed by atoms with Gasteiger partial charge in [0.15, 0.2) is 5.84 Å². The third-order valence-corrected chi connectivity index (χ3v) is 3.48. The maximum absolute atomic E-state index is 5.54. The molecule has 0 bridgehead atoms. The monoisotopic (exact) mass is 356 g/mol. The summed E-state index contributed by atoms with van der Waals surface area (Å²) >= 11 is 0. The molecule has 8 nitrogen and oxygen atoms in total. The second kappa shape index (κ2) is 9.36. The molecule has 1 aromatic carbocycles. The van der Waals surface area contributed by atoms with Crippen LogP contribution in [0.2, 0.25) is 0 Å². The molecule has 0 amide bonds. The van der Waals surface area contributed by atoms with Gasteiger partial charge in [-0.05, 0) is 13.8 Å². The summed E-state index contributed by atoms with van der Waals surface area (Å²) in [6.07, 6.45) is 5.16. The van der Waals surface area contributed by atoms with E-state index in [1.165, 1.54) is 7.11 Å². The zero-order valence-corrected chi connectivity index (χ0v) is 15.7. The molecule has 0 aliphatic rings. The van der Waals surface area contributed by atoms with Crippen LogP contribution in [0.25, 0.3) is 0 Å². The van der Waals surface area contributed by atoms with Crippen LogP contribution >= 0.6 is 0 Å². The van der Waals surface area contributed by atoms with Crippen LogP contribution in [-0.2, 0) is 16.3 Å². The van der Waals surface area contributed by atoms with Crippen molar-refractivity contribution >= 4 is 17.3 Å². The summed E-state index contributed by atoms with van der Waals surface area (Å²) in [5.41, 5.74) is 3.31. The van der Waals surface area contributed by atoms with Crippen LogP contribution in [-0.4, -0.2) is 53.0 Å². The molecule has 0 aliphatic heterocycles. The fraction of sp³-hybridized carbons (Fsp3) is 0.333. The van der Waals surface area contributed by atoms with Gasteiger partial charge in [-0.3, -0.25) is 4.57 Å². The minimum Gasteiger partial charge on any atom is -0.397 e. The quantitative estimate of drug-likeness (QED) is 0.434. The summed E-state index contributed by atoms with van der Waals surface area (Å²) in [4.78, 5) is 14.6. The van der Waals surface area contributed by atoms with Crippen LogP contribution in [0.5, 0.6) is 0 Å². The van der Waals surface area contributed by atoms with Crippen LogP contribution < -0.4 is 0 Å². The second-order valence-corrected chi connectivity index (χ2v) is 5.71. The van der Waals surface area contributed by atoms with Gasteiger partial charge in [0.25, 0.3) is 0 Å². The number of nitrogens with zero attached hydrogens (tertiary/aromatic N) is 6. The zero-order chi connectivity index (χ0) is 18.9. The van der Waals surface area contributed by atoms with E-state index in [-0.39, 0.29) is 0 Å². The molecule has 0 aliphatic carbocycles. The van der Waals surface area contributed by atoms with Crippen LogP contribution in [0, 0.1) is 0 Å². The van der Waals surface area contributed by atoms with Crippen molar-refractivity contribution in [1.82, 2.24) is 14.6 Å². The minimum absolute atomic E-state index is 0.292. The van der Waals surface area contributed by atoms with Crippen molar-refractivity contribution in [2.75, 3.05) is 21.2 Å². The number of imidazole rings is 1. The summed E-state index contributed by atoms with van der Waals surface area (Å²) in [6.45, 7) is 4.04. The van der Waals surface area contributed by atoms with Crippen molar-refractivity contribution in [2.24, 2.45) is 15.4 Å². The third kappa shape index (κ3) is 5.17. The third-order valence-electron chi connectivity index (χ3n) is 3.48. The molecule has 2 aromatic rings. The average Bonchev–Trinajstić information content (AvgIpc) is 3.14. The maximum Gasteiger partial charge on any atom is 0.185 e. The predicted octanol–water partition coefficient (Wildman–Crippen LogP) is 2.57. The smallest absolute Gasteiger partial charge is 0.185 e. The fourth-order valence-corrected chi connectivity index (χ4v) is 2.21. The van der Waals surface area contributed by atoms with Crippen molar-refractivity contribution in [3.63, 3.8) is 0 Å².